The number of anilines is 4. The third-order valence-corrected chi connectivity index (χ3v) is 5.92. The first-order valence-electron chi connectivity index (χ1n) is 12.3. The van der Waals surface area contributed by atoms with Crippen molar-refractivity contribution in [2.45, 2.75) is 0 Å². The number of quaternary nitrogens is 1. The van der Waals surface area contributed by atoms with Crippen LogP contribution in [0.5, 0.6) is 0 Å². The maximum Gasteiger partial charge on any atom is 0.261 e. The lowest BCUT2D eigenvalue weighted by Crippen LogP contribution is -2.99. The fourth-order valence-electron chi connectivity index (χ4n) is 3.97. The topological polar surface area (TPSA) is 179 Å². The summed E-state index contributed by atoms with van der Waals surface area (Å²) in [5.41, 5.74) is 2.36. The highest BCUT2D eigenvalue weighted by Gasteiger charge is 2.20. The molecule has 3 aromatic carbocycles. The molecule has 1 unspecified atom stereocenters. The standard InChI is InChI=1S/C26H27N9O4/c36-23(31-17-2-6-19(7-3-17)33-25-27-11-12-28-25)16-1-10-21(22(15-16)35(38)39)24(37)32-18-4-8-20(9-5-18)34-26-29-13-14-30-26/h1-10,15,35,38H,11-14H2,(H,31,36)(H,32,37)(H2,27,28,33)(H2,29,30,34). The molecule has 8 N–H and O–H groups in total. The van der Waals surface area contributed by atoms with Crippen LogP contribution in [0, 0.1) is 5.21 Å². The normalized spacial score (nSPS) is 14.8. The molecule has 0 saturated carbocycles. The largest absolute Gasteiger partial charge is 0.595 e. The number of benzene rings is 3. The molecule has 0 spiro atoms. The van der Waals surface area contributed by atoms with Crippen LogP contribution in [-0.2, 0) is 0 Å². The molecule has 0 aliphatic carbocycles. The van der Waals surface area contributed by atoms with Gasteiger partial charge in [-0.2, -0.15) is 5.23 Å². The van der Waals surface area contributed by atoms with Crippen LogP contribution in [0.3, 0.4) is 0 Å². The van der Waals surface area contributed by atoms with Crippen LogP contribution in [0.2, 0.25) is 0 Å². The van der Waals surface area contributed by atoms with E-state index in [1.807, 2.05) is 0 Å². The highest BCUT2D eigenvalue weighted by Crippen LogP contribution is 2.20. The quantitative estimate of drug-likeness (QED) is 0.211. The van der Waals surface area contributed by atoms with Gasteiger partial charge in [0.2, 0.25) is 0 Å². The maximum absolute atomic E-state index is 12.9. The van der Waals surface area contributed by atoms with Crippen LogP contribution in [-0.4, -0.2) is 55.1 Å². The van der Waals surface area contributed by atoms with E-state index in [1.54, 1.807) is 48.5 Å². The summed E-state index contributed by atoms with van der Waals surface area (Å²) in [6.07, 6.45) is 0. The summed E-state index contributed by atoms with van der Waals surface area (Å²) in [7, 11) is 0. The van der Waals surface area contributed by atoms with E-state index >= 15 is 0 Å². The molecule has 0 saturated heterocycles. The van der Waals surface area contributed by atoms with Crippen molar-refractivity contribution in [1.82, 2.24) is 10.6 Å². The van der Waals surface area contributed by atoms with Gasteiger partial charge in [-0.05, 0) is 60.7 Å². The molecule has 200 valence electrons. The van der Waals surface area contributed by atoms with Crippen LogP contribution in [0.15, 0.2) is 76.7 Å². The summed E-state index contributed by atoms with van der Waals surface area (Å²) in [5.74, 6) is 0.268. The predicted octanol–water partition coefficient (Wildman–Crippen LogP) is 1.34. The van der Waals surface area contributed by atoms with Gasteiger partial charge in [0, 0.05) is 47.5 Å². The molecule has 3 aromatic rings. The minimum Gasteiger partial charge on any atom is -0.595 e. The Kier molecular flexibility index (Phi) is 7.63. The van der Waals surface area contributed by atoms with Crippen molar-refractivity contribution >= 4 is 52.2 Å². The van der Waals surface area contributed by atoms with E-state index in [-0.39, 0.29) is 16.8 Å². The summed E-state index contributed by atoms with van der Waals surface area (Å²) in [4.78, 5) is 34.2. The third-order valence-electron chi connectivity index (χ3n) is 5.92. The number of amides is 2. The summed E-state index contributed by atoms with van der Waals surface area (Å²) in [6.45, 7) is 3.00. The van der Waals surface area contributed by atoms with Crippen LogP contribution in [0.4, 0.5) is 28.4 Å². The van der Waals surface area contributed by atoms with Crippen molar-refractivity contribution in [2.24, 2.45) is 9.98 Å². The van der Waals surface area contributed by atoms with Gasteiger partial charge in [-0.3, -0.25) is 19.6 Å². The van der Waals surface area contributed by atoms with Crippen LogP contribution in [0.25, 0.3) is 0 Å². The van der Waals surface area contributed by atoms with E-state index in [0.717, 1.165) is 31.0 Å². The van der Waals surface area contributed by atoms with E-state index < -0.39 is 17.0 Å². The molecule has 2 aliphatic rings. The molecule has 39 heavy (non-hydrogen) atoms. The van der Waals surface area contributed by atoms with E-state index in [1.165, 1.54) is 18.2 Å². The van der Waals surface area contributed by atoms with E-state index in [0.29, 0.717) is 29.8 Å². The van der Waals surface area contributed by atoms with Crippen LogP contribution in [0.1, 0.15) is 20.7 Å². The number of guanidine groups is 2. The number of rotatable bonds is 7. The highest BCUT2D eigenvalue weighted by atomic mass is 16.8. The first kappa shape index (κ1) is 25.7. The Labute approximate surface area is 223 Å². The molecule has 5 rings (SSSR count). The fraction of sp³-hybridized carbons (Fsp3) is 0.154. The Balaban J connectivity index is 1.23. The lowest BCUT2D eigenvalue weighted by atomic mass is 10.1. The smallest absolute Gasteiger partial charge is 0.261 e. The molecular weight excluding hydrogens is 502 g/mol. The zero-order chi connectivity index (χ0) is 27.2. The molecule has 2 amide bonds. The van der Waals surface area contributed by atoms with Gasteiger partial charge in [-0.1, -0.05) is 0 Å². The van der Waals surface area contributed by atoms with Gasteiger partial charge >= 0.3 is 0 Å². The Morgan fingerprint density at radius 2 is 1.23 bits per heavy atom. The van der Waals surface area contributed by atoms with Gasteiger partial charge in [0.25, 0.3) is 11.8 Å². The number of hydrogen-bond donors (Lipinski definition) is 8. The first-order chi connectivity index (χ1) is 18.9. The number of carbonyl (C=O) groups excluding carboxylic acids is 2. The Bertz CT molecular complexity index is 1420. The van der Waals surface area contributed by atoms with Crippen LogP contribution >= 0.6 is 0 Å². The molecule has 13 heteroatoms. The molecule has 2 aliphatic heterocycles. The number of nitrogens with zero attached hydrogens (tertiary/aromatic N) is 2. The van der Waals surface area contributed by atoms with Gasteiger partial charge in [-0.25, -0.2) is 5.21 Å². The molecule has 0 aromatic heterocycles. The number of aliphatic imine (C=N–C) groups is 2. The van der Waals surface area contributed by atoms with Crippen molar-refractivity contribution in [1.29, 1.82) is 0 Å². The summed E-state index contributed by atoms with van der Waals surface area (Å²) in [5, 5.41) is 38.3. The number of hydrogen-bond acceptors (Lipinski definition) is 10. The third kappa shape index (κ3) is 6.48. The van der Waals surface area contributed by atoms with E-state index in [2.05, 4.69) is 41.9 Å². The van der Waals surface area contributed by atoms with E-state index in [9.17, 15) is 20.0 Å². The zero-order valence-electron chi connectivity index (χ0n) is 20.7. The Hall–Kier alpha value is -4.98. The molecule has 13 nitrogen and oxygen atoms in total. The summed E-state index contributed by atoms with van der Waals surface area (Å²) in [6, 6.07) is 17.9. The second-order valence-electron chi connectivity index (χ2n) is 8.69. The molecule has 1 atom stereocenters. The molecule has 2 heterocycles. The average Bonchev–Trinajstić information content (AvgIpc) is 3.65. The van der Waals surface area contributed by atoms with Crippen molar-refractivity contribution in [3.8, 4) is 0 Å². The number of carbonyl (C=O) groups is 2. The van der Waals surface area contributed by atoms with Gasteiger partial charge in [0.05, 0.1) is 13.1 Å². The highest BCUT2D eigenvalue weighted by molar-refractivity contribution is 6.10. The van der Waals surface area contributed by atoms with E-state index in [4.69, 9.17) is 0 Å². The van der Waals surface area contributed by atoms with Gasteiger partial charge in [0.15, 0.2) is 17.6 Å². The SMILES string of the molecule is O=C(Nc1ccc(NC2=NCCN2)cc1)c1ccc(C(=O)Nc2ccc(NC3=NCCN3)cc2)c([NH+]([O-])O)c1. The minimum atomic E-state index is -1.32. The average molecular weight is 530 g/mol. The van der Waals surface area contributed by atoms with Crippen molar-refractivity contribution < 1.29 is 20.0 Å². The van der Waals surface area contributed by atoms with Crippen molar-refractivity contribution in [3.05, 3.63) is 83.1 Å². The lowest BCUT2D eigenvalue weighted by molar-refractivity contribution is -0.991. The Morgan fingerprint density at radius 1 is 0.744 bits per heavy atom. The molecule has 0 fully saturated rings. The minimum absolute atomic E-state index is 0.0652. The molecular formula is C26H27N9O4. The van der Waals surface area contributed by atoms with Gasteiger partial charge < -0.3 is 37.1 Å². The van der Waals surface area contributed by atoms with Gasteiger partial charge in [0.1, 0.15) is 5.56 Å². The molecule has 0 bridgehead atoms. The second-order valence-corrected chi connectivity index (χ2v) is 8.69. The van der Waals surface area contributed by atoms with Gasteiger partial charge in [-0.15, -0.1) is 0 Å². The predicted molar refractivity (Wildman–Crippen MR) is 149 cm³/mol. The van der Waals surface area contributed by atoms with Crippen molar-refractivity contribution in [3.63, 3.8) is 0 Å². The second kappa shape index (κ2) is 11.6. The summed E-state index contributed by atoms with van der Waals surface area (Å²) >= 11 is 0. The maximum atomic E-state index is 12.9. The fourth-order valence-corrected chi connectivity index (χ4v) is 3.97. The lowest BCUT2D eigenvalue weighted by Gasteiger charge is -2.17. The molecule has 0 radical (unpaired) electrons. The monoisotopic (exact) mass is 529 g/mol. The number of nitrogens with one attached hydrogen (secondary N) is 7. The summed E-state index contributed by atoms with van der Waals surface area (Å²) < 4.78 is 0. The zero-order valence-corrected chi connectivity index (χ0v) is 20.7. The van der Waals surface area contributed by atoms with Crippen molar-refractivity contribution in [2.75, 3.05) is 47.4 Å². The first-order valence-corrected chi connectivity index (χ1v) is 12.3. The van der Waals surface area contributed by atoms with Crippen LogP contribution < -0.4 is 37.1 Å². The Morgan fingerprint density at radius 3 is 1.69 bits per heavy atom.